The van der Waals surface area contributed by atoms with Gasteiger partial charge in [0.1, 0.15) is 0 Å². The Labute approximate surface area is 111 Å². The average Bonchev–Trinajstić information content (AvgIpc) is 2.14. The molecule has 0 fully saturated rings. The van der Waals surface area contributed by atoms with Crippen molar-refractivity contribution in [3.05, 3.63) is 0 Å². The van der Waals surface area contributed by atoms with E-state index in [1.807, 2.05) is 0 Å². The van der Waals surface area contributed by atoms with E-state index in [-0.39, 0.29) is 0 Å². The van der Waals surface area contributed by atoms with E-state index < -0.39 is 37.8 Å². The van der Waals surface area contributed by atoms with Crippen LogP contribution >= 0.6 is 15.2 Å². The highest BCUT2D eigenvalue weighted by Crippen LogP contribution is 2.66. The fraction of sp³-hybridized carbons (Fsp3) is 0.667. The van der Waals surface area contributed by atoms with Crippen LogP contribution in [0.25, 0.3) is 0 Å². The minimum absolute atomic E-state index is 0.383. The number of rotatable bonds is 4. The largest absolute Gasteiger partial charge is 0.479 e. The molecule has 0 unspecified atom stereocenters. The van der Waals surface area contributed by atoms with Crippen LogP contribution in [0.4, 0.5) is 0 Å². The lowest BCUT2D eigenvalue weighted by Gasteiger charge is -2.24. The van der Waals surface area contributed by atoms with E-state index in [0.717, 1.165) is 0 Å². The van der Waals surface area contributed by atoms with E-state index in [1.54, 1.807) is 0 Å². The van der Waals surface area contributed by atoms with Crippen LogP contribution in [0.1, 0.15) is 13.8 Å². The molecule has 0 heterocycles. The third kappa shape index (κ3) is 5.27. The molecule has 0 aliphatic heterocycles. The van der Waals surface area contributed by atoms with Crippen LogP contribution in [0.3, 0.4) is 0 Å². The highest BCUT2D eigenvalue weighted by atomic mass is 31.2. The third-order valence-electron chi connectivity index (χ3n) is 1.94. The van der Waals surface area contributed by atoms with Gasteiger partial charge < -0.3 is 40.0 Å². The van der Waals surface area contributed by atoms with Crippen molar-refractivity contribution in [3.8, 4) is 0 Å². The summed E-state index contributed by atoms with van der Waals surface area (Å²) in [7, 11) is -10.4. The zero-order valence-electron chi connectivity index (χ0n) is 10.1. The number of hydrogen-bond donors (Lipinski definition) is 8. The Morgan fingerprint density at radius 3 is 1.00 bits per heavy atom. The maximum Gasteiger partial charge on any atom is 0.369 e. The van der Waals surface area contributed by atoms with Crippen LogP contribution in [0.5, 0.6) is 0 Å². The monoisotopic (exact) mass is 340 g/mol. The van der Waals surface area contributed by atoms with Gasteiger partial charge in [0.05, 0.1) is 0 Å². The van der Waals surface area contributed by atoms with Gasteiger partial charge in [-0.15, -0.1) is 0 Å². The molecule has 0 amide bonds. The summed E-state index contributed by atoms with van der Waals surface area (Å²) in [6.45, 7) is 1.08. The molecule has 0 spiro atoms. The zero-order chi connectivity index (χ0) is 17.2. The Balaban J connectivity index is 0. The van der Waals surface area contributed by atoms with Crippen molar-refractivity contribution in [1.82, 2.24) is 0 Å². The normalized spacial score (nSPS) is 13.2. The van der Waals surface area contributed by atoms with E-state index >= 15 is 0 Å². The highest BCUT2D eigenvalue weighted by Gasteiger charge is 2.55. The molecule has 0 radical (unpaired) electrons. The van der Waals surface area contributed by atoms with Crippen molar-refractivity contribution in [1.29, 1.82) is 0 Å². The molecule has 12 nitrogen and oxygen atoms in total. The summed E-state index contributed by atoms with van der Waals surface area (Å²) in [5, 5.41) is 29.8. The Kier molecular flexibility index (Phi) is 6.75. The van der Waals surface area contributed by atoms with Crippen LogP contribution in [0.15, 0.2) is 0 Å². The predicted molar refractivity (Wildman–Crippen MR) is 60.6 cm³/mol. The summed E-state index contributed by atoms with van der Waals surface area (Å²) >= 11 is 0. The fourth-order valence-electron chi connectivity index (χ4n) is 0.261. The number of carbonyl (C=O) groups is 2. The molecule has 14 heteroatoms. The summed E-state index contributed by atoms with van der Waals surface area (Å²) in [6.07, 6.45) is 0. The van der Waals surface area contributed by atoms with Gasteiger partial charge in [-0.2, -0.15) is 0 Å². The van der Waals surface area contributed by atoms with Gasteiger partial charge in [-0.25, -0.2) is 9.59 Å². The molecule has 0 aliphatic rings. The molecule has 0 saturated heterocycles. The topological polar surface area (TPSA) is 230 Å². The molecular formula is C6H14O12P2. The number of carboxylic acid groups (broad SMARTS) is 2. The maximum atomic E-state index is 10.3. The number of carboxylic acids is 2. The minimum atomic E-state index is -5.20. The lowest BCUT2D eigenvalue weighted by atomic mass is 10.1. The quantitative estimate of drug-likeness (QED) is 0.203. The van der Waals surface area contributed by atoms with Crippen molar-refractivity contribution in [3.63, 3.8) is 0 Å². The average molecular weight is 340 g/mol. The molecule has 0 aromatic heterocycles. The standard InChI is InChI=1S/C4H6O5.C2H8O7P2/c1-4(9,2(5)6)3(7)8;1-2(3,10(4,5)6)11(7,8)9/h9H,1H3,(H,5,6)(H,7,8);3H,1H3,(H2,4,5,6)(H2,7,8,9). The van der Waals surface area contributed by atoms with Gasteiger partial charge in [0.2, 0.25) is 0 Å². The van der Waals surface area contributed by atoms with E-state index in [9.17, 15) is 18.7 Å². The summed E-state index contributed by atoms with van der Waals surface area (Å²) in [4.78, 5) is 52.7. The van der Waals surface area contributed by atoms with Gasteiger partial charge in [-0.3, -0.25) is 9.13 Å². The Morgan fingerprint density at radius 2 is 1.00 bits per heavy atom. The first-order valence-corrected chi connectivity index (χ1v) is 7.64. The summed E-state index contributed by atoms with van der Waals surface area (Å²) in [5.41, 5.74) is -2.67. The molecule has 0 saturated carbocycles. The highest BCUT2D eigenvalue weighted by molar-refractivity contribution is 7.71. The van der Waals surface area contributed by atoms with Crippen molar-refractivity contribution < 1.29 is 58.7 Å². The maximum absolute atomic E-state index is 10.3. The van der Waals surface area contributed by atoms with Crippen molar-refractivity contribution in [2.75, 3.05) is 0 Å². The molecular weight excluding hydrogens is 326 g/mol. The van der Waals surface area contributed by atoms with Crippen molar-refractivity contribution in [2.24, 2.45) is 0 Å². The molecule has 20 heavy (non-hydrogen) atoms. The Bertz CT molecular complexity index is 426. The molecule has 0 rings (SSSR count). The molecule has 8 N–H and O–H groups in total. The number of aliphatic hydroxyl groups is 2. The van der Waals surface area contributed by atoms with Crippen LogP contribution in [-0.4, -0.2) is 62.6 Å². The smallest absolute Gasteiger partial charge is 0.369 e. The van der Waals surface area contributed by atoms with Gasteiger partial charge in [-0.05, 0) is 13.8 Å². The lowest BCUT2D eigenvalue weighted by Crippen LogP contribution is -2.43. The van der Waals surface area contributed by atoms with E-state index in [2.05, 4.69) is 0 Å². The van der Waals surface area contributed by atoms with Gasteiger partial charge in [0.25, 0.3) is 10.7 Å². The second kappa shape index (κ2) is 6.29. The number of aliphatic carboxylic acids is 2. The van der Waals surface area contributed by atoms with Crippen LogP contribution in [-0.2, 0) is 18.7 Å². The van der Waals surface area contributed by atoms with Gasteiger partial charge >= 0.3 is 27.1 Å². The molecule has 0 atom stereocenters. The van der Waals surface area contributed by atoms with Gasteiger partial charge in [-0.1, -0.05) is 0 Å². The molecule has 0 aromatic rings. The SMILES string of the molecule is CC(O)(C(=O)O)C(=O)O.CC(O)(P(=O)(O)O)P(=O)(O)O. The summed E-state index contributed by atoms with van der Waals surface area (Å²) in [6, 6.07) is 0. The first-order chi connectivity index (χ1) is 8.39. The molecule has 0 aliphatic carbocycles. The van der Waals surface area contributed by atoms with Crippen LogP contribution in [0, 0.1) is 0 Å². The Hall–Kier alpha value is -0.840. The fourth-order valence-corrected chi connectivity index (χ4v) is 1.62. The second-order valence-corrected chi connectivity index (χ2v) is 8.01. The van der Waals surface area contributed by atoms with Crippen LogP contribution < -0.4 is 0 Å². The number of hydrogen-bond acceptors (Lipinski definition) is 6. The second-order valence-electron chi connectivity index (χ2n) is 3.74. The predicted octanol–water partition coefficient (Wildman–Crippen LogP) is -2.09. The van der Waals surface area contributed by atoms with E-state index in [4.69, 9.17) is 40.0 Å². The van der Waals surface area contributed by atoms with Gasteiger partial charge in [0, 0.05) is 0 Å². The molecule has 120 valence electrons. The first kappa shape index (κ1) is 21.5. The van der Waals surface area contributed by atoms with Gasteiger partial charge in [0.15, 0.2) is 0 Å². The van der Waals surface area contributed by atoms with Crippen molar-refractivity contribution in [2.45, 2.75) is 24.5 Å². The molecule has 0 aromatic carbocycles. The van der Waals surface area contributed by atoms with Crippen LogP contribution in [0.2, 0.25) is 0 Å². The summed E-state index contributed by atoms with van der Waals surface area (Å²) < 4.78 is 20.5. The molecule has 0 bridgehead atoms. The summed E-state index contributed by atoms with van der Waals surface area (Å²) in [5.74, 6) is -3.54. The minimum Gasteiger partial charge on any atom is -0.479 e. The first-order valence-electron chi connectivity index (χ1n) is 4.42. The third-order valence-corrected chi connectivity index (χ3v) is 5.71. The van der Waals surface area contributed by atoms with E-state index in [1.165, 1.54) is 0 Å². The Morgan fingerprint density at radius 1 is 0.800 bits per heavy atom. The van der Waals surface area contributed by atoms with E-state index in [0.29, 0.717) is 13.8 Å². The van der Waals surface area contributed by atoms with Crippen molar-refractivity contribution >= 4 is 27.1 Å². The zero-order valence-corrected chi connectivity index (χ0v) is 11.9. The lowest BCUT2D eigenvalue weighted by molar-refractivity contribution is -0.173.